The summed E-state index contributed by atoms with van der Waals surface area (Å²) in [5.74, 6) is 0.353. The lowest BCUT2D eigenvalue weighted by Crippen LogP contribution is -2.33. The lowest BCUT2D eigenvalue weighted by Gasteiger charge is -2.14. The van der Waals surface area contributed by atoms with Crippen LogP contribution in [0.25, 0.3) is 0 Å². The summed E-state index contributed by atoms with van der Waals surface area (Å²) in [6.07, 6.45) is 1.64. The van der Waals surface area contributed by atoms with Crippen molar-refractivity contribution < 1.29 is 9.72 Å². The summed E-state index contributed by atoms with van der Waals surface area (Å²) in [7, 11) is 0. The smallest absolute Gasteiger partial charge is 0.269 e. The van der Waals surface area contributed by atoms with Crippen LogP contribution < -0.4 is 5.32 Å². The summed E-state index contributed by atoms with van der Waals surface area (Å²) in [5.41, 5.74) is 1.05. The van der Waals surface area contributed by atoms with Crippen molar-refractivity contribution in [3.8, 4) is 0 Å². The Labute approximate surface area is 117 Å². The highest BCUT2D eigenvalue weighted by atomic mass is 35.5. The first-order valence-corrected chi connectivity index (χ1v) is 6.61. The van der Waals surface area contributed by atoms with E-state index in [0.717, 1.165) is 12.8 Å². The average molecular weight is 285 g/mol. The number of nitro benzene ring substituents is 1. The van der Waals surface area contributed by atoms with Gasteiger partial charge in [0.25, 0.3) is 11.6 Å². The molecule has 0 spiro atoms. The van der Waals surface area contributed by atoms with Gasteiger partial charge in [-0.1, -0.05) is 0 Å². The molecule has 6 heteroatoms. The number of halogens is 1. The second kappa shape index (κ2) is 7.09. The summed E-state index contributed by atoms with van der Waals surface area (Å²) in [4.78, 5) is 22.2. The summed E-state index contributed by atoms with van der Waals surface area (Å²) >= 11 is 5.59. The van der Waals surface area contributed by atoms with Crippen LogP contribution in [0.4, 0.5) is 5.69 Å². The normalized spacial score (nSPS) is 11.9. The van der Waals surface area contributed by atoms with Gasteiger partial charge in [-0.3, -0.25) is 14.9 Å². The third kappa shape index (κ3) is 4.52. The zero-order valence-corrected chi connectivity index (χ0v) is 11.7. The van der Waals surface area contributed by atoms with Gasteiger partial charge < -0.3 is 5.32 Å². The lowest BCUT2D eigenvalue weighted by atomic mass is 10.1. The fourth-order valence-electron chi connectivity index (χ4n) is 1.77. The van der Waals surface area contributed by atoms with Crippen LogP contribution in [0.2, 0.25) is 0 Å². The molecule has 1 rings (SSSR count). The Balaban J connectivity index is 2.74. The molecule has 1 N–H and O–H groups in total. The third-order valence-electron chi connectivity index (χ3n) is 2.81. The molecular weight excluding hydrogens is 268 g/mol. The van der Waals surface area contributed by atoms with Gasteiger partial charge in [-0.15, -0.1) is 11.6 Å². The van der Waals surface area contributed by atoms with Crippen molar-refractivity contribution in [1.29, 1.82) is 0 Å². The standard InChI is InChI=1S/C13H17ClN2O3/c1-9-8-11(16(18)19)5-6-12(9)13(17)15-10(2)4-3-7-14/h5-6,8,10H,3-4,7H2,1-2H3,(H,15,17). The molecule has 0 saturated heterocycles. The predicted molar refractivity (Wildman–Crippen MR) is 74.7 cm³/mol. The maximum absolute atomic E-state index is 12.0. The SMILES string of the molecule is Cc1cc([N+](=O)[O-])ccc1C(=O)NC(C)CCCCl. The quantitative estimate of drug-likeness (QED) is 0.496. The molecule has 1 amide bonds. The Kier molecular flexibility index (Phi) is 5.76. The number of non-ortho nitro benzene ring substituents is 1. The number of benzene rings is 1. The van der Waals surface area contributed by atoms with E-state index < -0.39 is 4.92 Å². The number of amides is 1. The number of hydrogen-bond donors (Lipinski definition) is 1. The van der Waals surface area contributed by atoms with Crippen LogP contribution in [-0.4, -0.2) is 22.8 Å². The van der Waals surface area contributed by atoms with Crippen LogP contribution in [-0.2, 0) is 0 Å². The van der Waals surface area contributed by atoms with Crippen molar-refractivity contribution in [3.63, 3.8) is 0 Å². The van der Waals surface area contributed by atoms with Crippen molar-refractivity contribution in [1.82, 2.24) is 5.32 Å². The fraction of sp³-hybridized carbons (Fsp3) is 0.462. The number of nitrogens with one attached hydrogen (secondary N) is 1. The first-order valence-electron chi connectivity index (χ1n) is 6.07. The maximum Gasteiger partial charge on any atom is 0.269 e. The van der Waals surface area contributed by atoms with Crippen LogP contribution in [0.3, 0.4) is 0 Å². The summed E-state index contributed by atoms with van der Waals surface area (Å²) in [6, 6.07) is 4.25. The zero-order valence-electron chi connectivity index (χ0n) is 11.0. The molecule has 0 aliphatic rings. The minimum atomic E-state index is -0.474. The minimum absolute atomic E-state index is 0.00996. The van der Waals surface area contributed by atoms with E-state index in [2.05, 4.69) is 5.32 Å². The number of aryl methyl sites for hydroxylation is 1. The topological polar surface area (TPSA) is 72.2 Å². The molecule has 0 aliphatic heterocycles. The number of alkyl halides is 1. The molecular formula is C13H17ClN2O3. The highest BCUT2D eigenvalue weighted by Crippen LogP contribution is 2.17. The van der Waals surface area contributed by atoms with E-state index in [1.165, 1.54) is 18.2 Å². The molecule has 1 aromatic rings. The van der Waals surface area contributed by atoms with Crippen molar-refractivity contribution in [2.45, 2.75) is 32.7 Å². The molecule has 104 valence electrons. The van der Waals surface area contributed by atoms with Crippen LogP contribution in [0.1, 0.15) is 35.7 Å². The van der Waals surface area contributed by atoms with E-state index in [0.29, 0.717) is 17.0 Å². The first-order chi connectivity index (χ1) is 8.95. The maximum atomic E-state index is 12.0. The van der Waals surface area contributed by atoms with Crippen LogP contribution in [0, 0.1) is 17.0 Å². The van der Waals surface area contributed by atoms with Gasteiger partial charge in [0, 0.05) is 29.6 Å². The van der Waals surface area contributed by atoms with Gasteiger partial charge in [0.2, 0.25) is 0 Å². The molecule has 0 aromatic heterocycles. The third-order valence-corrected chi connectivity index (χ3v) is 3.08. The summed E-state index contributed by atoms with van der Waals surface area (Å²) < 4.78 is 0. The zero-order chi connectivity index (χ0) is 14.4. The largest absolute Gasteiger partial charge is 0.350 e. The highest BCUT2D eigenvalue weighted by Gasteiger charge is 2.15. The van der Waals surface area contributed by atoms with Gasteiger partial charge >= 0.3 is 0 Å². The number of rotatable bonds is 6. The van der Waals surface area contributed by atoms with Gasteiger partial charge in [0.1, 0.15) is 0 Å². The predicted octanol–water partition coefficient (Wildman–Crippen LogP) is 3.04. The Hall–Kier alpha value is -1.62. The minimum Gasteiger partial charge on any atom is -0.350 e. The molecule has 1 atom stereocenters. The summed E-state index contributed by atoms with van der Waals surface area (Å²) in [6.45, 7) is 3.59. The highest BCUT2D eigenvalue weighted by molar-refractivity contribution is 6.17. The number of nitro groups is 1. The number of nitrogens with zero attached hydrogens (tertiary/aromatic N) is 1. The van der Waals surface area contributed by atoms with E-state index >= 15 is 0 Å². The molecule has 0 aliphatic carbocycles. The van der Waals surface area contributed by atoms with Crippen molar-refractivity contribution in [2.75, 3.05) is 5.88 Å². The van der Waals surface area contributed by atoms with E-state index in [-0.39, 0.29) is 17.6 Å². The molecule has 0 bridgehead atoms. The Morgan fingerprint density at radius 3 is 2.74 bits per heavy atom. The van der Waals surface area contributed by atoms with E-state index in [4.69, 9.17) is 11.6 Å². The van der Waals surface area contributed by atoms with Crippen molar-refractivity contribution in [2.24, 2.45) is 0 Å². The van der Waals surface area contributed by atoms with Gasteiger partial charge in [-0.05, 0) is 38.3 Å². The molecule has 0 heterocycles. The van der Waals surface area contributed by atoms with Gasteiger partial charge in [-0.2, -0.15) is 0 Å². The molecule has 0 saturated carbocycles. The van der Waals surface area contributed by atoms with Gasteiger partial charge in [-0.25, -0.2) is 0 Å². The van der Waals surface area contributed by atoms with Crippen molar-refractivity contribution >= 4 is 23.2 Å². The molecule has 0 fully saturated rings. The Morgan fingerprint density at radius 1 is 1.53 bits per heavy atom. The van der Waals surface area contributed by atoms with Crippen molar-refractivity contribution in [3.05, 3.63) is 39.4 Å². The molecule has 5 nitrogen and oxygen atoms in total. The van der Waals surface area contributed by atoms with Gasteiger partial charge in [0.05, 0.1) is 4.92 Å². The van der Waals surface area contributed by atoms with Crippen LogP contribution >= 0.6 is 11.6 Å². The molecule has 1 unspecified atom stereocenters. The Morgan fingerprint density at radius 2 is 2.21 bits per heavy atom. The van der Waals surface area contributed by atoms with Crippen LogP contribution in [0.15, 0.2) is 18.2 Å². The Bertz CT molecular complexity index is 477. The number of hydrogen-bond acceptors (Lipinski definition) is 3. The average Bonchev–Trinajstić information content (AvgIpc) is 2.35. The lowest BCUT2D eigenvalue weighted by molar-refractivity contribution is -0.384. The number of carbonyl (C=O) groups excluding carboxylic acids is 1. The second-order valence-electron chi connectivity index (χ2n) is 4.46. The van der Waals surface area contributed by atoms with Crippen LogP contribution in [0.5, 0.6) is 0 Å². The van der Waals surface area contributed by atoms with Gasteiger partial charge in [0.15, 0.2) is 0 Å². The fourth-order valence-corrected chi connectivity index (χ4v) is 1.93. The second-order valence-corrected chi connectivity index (χ2v) is 4.84. The monoisotopic (exact) mass is 284 g/mol. The van der Waals surface area contributed by atoms with E-state index in [1.54, 1.807) is 6.92 Å². The molecule has 1 aromatic carbocycles. The van der Waals surface area contributed by atoms with E-state index in [9.17, 15) is 14.9 Å². The molecule has 0 radical (unpaired) electrons. The van der Waals surface area contributed by atoms with E-state index in [1.807, 2.05) is 6.92 Å². The number of carbonyl (C=O) groups is 1. The summed E-state index contributed by atoms with van der Waals surface area (Å²) in [5, 5.41) is 13.5. The first kappa shape index (κ1) is 15.4. The molecule has 19 heavy (non-hydrogen) atoms.